The molecule has 8 nitrogen and oxygen atoms in total. The van der Waals surface area contributed by atoms with Gasteiger partial charge >= 0.3 is 5.69 Å². The lowest BCUT2D eigenvalue weighted by Crippen LogP contribution is -2.04. The van der Waals surface area contributed by atoms with Crippen LogP contribution < -0.4 is 15.4 Å². The van der Waals surface area contributed by atoms with Crippen LogP contribution in [0.4, 0.5) is 23.1 Å². The van der Waals surface area contributed by atoms with Gasteiger partial charge in [0.2, 0.25) is 11.8 Å². The zero-order valence-electron chi connectivity index (χ0n) is 11.3. The second-order valence-corrected chi connectivity index (χ2v) is 4.76. The number of nitrogens with one attached hydrogen (secondary N) is 2. The summed E-state index contributed by atoms with van der Waals surface area (Å²) in [5, 5.41) is 16.7. The zero-order valence-corrected chi connectivity index (χ0v) is 12.8. The second-order valence-electron chi connectivity index (χ2n) is 3.91. The molecule has 0 atom stereocenters. The van der Waals surface area contributed by atoms with E-state index < -0.39 is 4.92 Å². The molecule has 0 unspecified atom stereocenters. The average molecular weight is 354 g/mol. The van der Waals surface area contributed by atoms with Crippen molar-refractivity contribution in [2.45, 2.75) is 0 Å². The molecule has 2 N–H and O–H groups in total. The Morgan fingerprint density at radius 1 is 1.43 bits per heavy atom. The first-order chi connectivity index (χ1) is 10.0. The molecule has 0 amide bonds. The van der Waals surface area contributed by atoms with Gasteiger partial charge in [-0.15, -0.1) is 0 Å². The van der Waals surface area contributed by atoms with E-state index in [1.165, 1.54) is 7.11 Å². The van der Waals surface area contributed by atoms with E-state index in [0.717, 1.165) is 10.7 Å². The van der Waals surface area contributed by atoms with Crippen LogP contribution in [0.3, 0.4) is 0 Å². The van der Waals surface area contributed by atoms with Crippen LogP contribution in [-0.2, 0) is 0 Å². The first kappa shape index (κ1) is 15.0. The van der Waals surface area contributed by atoms with Crippen molar-refractivity contribution in [1.82, 2.24) is 9.97 Å². The van der Waals surface area contributed by atoms with Gasteiger partial charge in [0, 0.05) is 18.8 Å². The fourth-order valence-electron chi connectivity index (χ4n) is 1.60. The number of nitro groups is 1. The van der Waals surface area contributed by atoms with Crippen LogP contribution in [0.15, 0.2) is 28.9 Å². The topological polar surface area (TPSA) is 102 Å². The van der Waals surface area contributed by atoms with Crippen molar-refractivity contribution >= 4 is 39.1 Å². The molecule has 0 saturated carbocycles. The number of benzene rings is 1. The minimum Gasteiger partial charge on any atom is -0.495 e. The standard InChI is InChI=1S/C12H12BrN5O3/c1-14-12-15-6-9(18(19)20)11(17-12)16-7-3-4-8(13)10(5-7)21-2/h3-6H,1-2H3,(H2,14,15,16,17). The fourth-order valence-corrected chi connectivity index (χ4v) is 2.00. The molecule has 0 aliphatic heterocycles. The molecule has 0 aliphatic carbocycles. The van der Waals surface area contributed by atoms with Gasteiger partial charge in [-0.25, -0.2) is 4.98 Å². The lowest BCUT2D eigenvalue weighted by molar-refractivity contribution is -0.384. The SMILES string of the molecule is CNc1ncc([N+](=O)[O-])c(Nc2ccc(Br)c(OC)c2)n1. The summed E-state index contributed by atoms with van der Waals surface area (Å²) in [5.41, 5.74) is 0.398. The number of rotatable bonds is 5. The molecular formula is C12H12BrN5O3. The van der Waals surface area contributed by atoms with E-state index in [4.69, 9.17) is 4.74 Å². The van der Waals surface area contributed by atoms with Gasteiger partial charge in [-0.2, -0.15) is 4.98 Å². The molecule has 0 radical (unpaired) electrons. The molecule has 0 fully saturated rings. The van der Waals surface area contributed by atoms with Gasteiger partial charge < -0.3 is 15.4 Å². The number of methoxy groups -OCH3 is 1. The molecule has 110 valence electrons. The monoisotopic (exact) mass is 353 g/mol. The van der Waals surface area contributed by atoms with Gasteiger partial charge in [-0.3, -0.25) is 10.1 Å². The van der Waals surface area contributed by atoms with Crippen LogP contribution >= 0.6 is 15.9 Å². The normalized spacial score (nSPS) is 10.0. The van der Waals surface area contributed by atoms with E-state index in [1.54, 1.807) is 25.2 Å². The maximum absolute atomic E-state index is 11.0. The molecule has 0 saturated heterocycles. The van der Waals surface area contributed by atoms with E-state index >= 15 is 0 Å². The molecule has 0 bridgehead atoms. The molecule has 0 aliphatic rings. The Bertz CT molecular complexity index is 680. The van der Waals surface area contributed by atoms with Crippen molar-refractivity contribution in [3.05, 3.63) is 39.0 Å². The second kappa shape index (κ2) is 6.35. The van der Waals surface area contributed by atoms with E-state index in [-0.39, 0.29) is 17.5 Å². The van der Waals surface area contributed by atoms with Gasteiger partial charge in [-0.1, -0.05) is 0 Å². The number of hydrogen-bond donors (Lipinski definition) is 2. The minimum absolute atomic E-state index is 0.101. The molecule has 9 heteroatoms. The van der Waals surface area contributed by atoms with Gasteiger partial charge in [0.15, 0.2) is 0 Å². The Kier molecular flexibility index (Phi) is 4.53. The molecule has 2 aromatic rings. The highest BCUT2D eigenvalue weighted by molar-refractivity contribution is 9.10. The Morgan fingerprint density at radius 3 is 2.81 bits per heavy atom. The first-order valence-electron chi connectivity index (χ1n) is 5.85. The summed E-state index contributed by atoms with van der Waals surface area (Å²) in [6.07, 6.45) is 1.15. The quantitative estimate of drug-likeness (QED) is 0.629. The smallest absolute Gasteiger partial charge is 0.329 e. The molecular weight excluding hydrogens is 342 g/mol. The van der Waals surface area contributed by atoms with Crippen LogP contribution in [0.5, 0.6) is 5.75 Å². The third-order valence-corrected chi connectivity index (χ3v) is 3.26. The maximum Gasteiger partial charge on any atom is 0.329 e. The number of ether oxygens (including phenoxy) is 1. The molecule has 21 heavy (non-hydrogen) atoms. The highest BCUT2D eigenvalue weighted by Crippen LogP contribution is 2.31. The Morgan fingerprint density at radius 2 is 2.19 bits per heavy atom. The molecule has 1 heterocycles. The average Bonchev–Trinajstić information content (AvgIpc) is 2.48. The summed E-state index contributed by atoms with van der Waals surface area (Å²) in [5.74, 6) is 0.987. The number of halogens is 1. The van der Waals surface area contributed by atoms with Crippen molar-refractivity contribution in [2.24, 2.45) is 0 Å². The zero-order chi connectivity index (χ0) is 15.4. The van der Waals surface area contributed by atoms with E-state index in [1.807, 2.05) is 0 Å². The van der Waals surface area contributed by atoms with Crippen LogP contribution in [0.1, 0.15) is 0 Å². The molecule has 2 rings (SSSR count). The van der Waals surface area contributed by atoms with Gasteiger partial charge in [0.1, 0.15) is 11.9 Å². The van der Waals surface area contributed by atoms with Crippen LogP contribution in [-0.4, -0.2) is 29.0 Å². The van der Waals surface area contributed by atoms with Crippen LogP contribution in [0.2, 0.25) is 0 Å². The number of hydrogen-bond acceptors (Lipinski definition) is 7. The number of aromatic nitrogens is 2. The van der Waals surface area contributed by atoms with Crippen molar-refractivity contribution in [1.29, 1.82) is 0 Å². The summed E-state index contributed by atoms with van der Waals surface area (Å²) < 4.78 is 5.96. The molecule has 1 aromatic heterocycles. The Hall–Kier alpha value is -2.42. The number of nitrogens with zero attached hydrogens (tertiary/aromatic N) is 3. The third kappa shape index (κ3) is 3.37. The minimum atomic E-state index is -0.544. The number of anilines is 3. The van der Waals surface area contributed by atoms with Gasteiger partial charge in [0.05, 0.1) is 16.5 Å². The van der Waals surface area contributed by atoms with Gasteiger partial charge in [0.25, 0.3) is 0 Å². The lowest BCUT2D eigenvalue weighted by Gasteiger charge is -2.09. The van der Waals surface area contributed by atoms with Crippen molar-refractivity contribution < 1.29 is 9.66 Å². The Balaban J connectivity index is 2.40. The summed E-state index contributed by atoms with van der Waals surface area (Å²) in [6, 6.07) is 5.22. The highest BCUT2D eigenvalue weighted by Gasteiger charge is 2.17. The highest BCUT2D eigenvalue weighted by atomic mass is 79.9. The van der Waals surface area contributed by atoms with E-state index in [0.29, 0.717) is 11.4 Å². The van der Waals surface area contributed by atoms with Crippen molar-refractivity contribution in [3.63, 3.8) is 0 Å². The van der Waals surface area contributed by atoms with Crippen LogP contribution in [0.25, 0.3) is 0 Å². The van der Waals surface area contributed by atoms with Crippen molar-refractivity contribution in [3.8, 4) is 5.75 Å². The summed E-state index contributed by atoms with van der Waals surface area (Å²) >= 11 is 3.34. The molecule has 0 spiro atoms. The first-order valence-corrected chi connectivity index (χ1v) is 6.64. The predicted octanol–water partition coefficient (Wildman–Crippen LogP) is 2.94. The predicted molar refractivity (Wildman–Crippen MR) is 82.2 cm³/mol. The largest absolute Gasteiger partial charge is 0.495 e. The lowest BCUT2D eigenvalue weighted by atomic mass is 10.3. The summed E-state index contributed by atoms with van der Waals surface area (Å²) in [4.78, 5) is 18.4. The third-order valence-electron chi connectivity index (χ3n) is 2.60. The summed E-state index contributed by atoms with van der Waals surface area (Å²) in [7, 11) is 3.17. The van der Waals surface area contributed by atoms with Crippen molar-refractivity contribution in [2.75, 3.05) is 24.8 Å². The molecule has 1 aromatic carbocycles. The van der Waals surface area contributed by atoms with Gasteiger partial charge in [-0.05, 0) is 28.1 Å². The van der Waals surface area contributed by atoms with Crippen LogP contribution in [0, 0.1) is 10.1 Å². The fraction of sp³-hybridized carbons (Fsp3) is 0.167. The van der Waals surface area contributed by atoms with E-state index in [9.17, 15) is 10.1 Å². The maximum atomic E-state index is 11.0. The Labute approximate surface area is 128 Å². The summed E-state index contributed by atoms with van der Waals surface area (Å²) in [6.45, 7) is 0. The van der Waals surface area contributed by atoms with E-state index in [2.05, 4.69) is 36.5 Å².